The molecule has 3 aliphatic rings. The van der Waals surface area contributed by atoms with Gasteiger partial charge in [-0.3, -0.25) is 4.79 Å². The summed E-state index contributed by atoms with van der Waals surface area (Å²) in [6, 6.07) is 5.56. The van der Waals surface area contributed by atoms with Crippen LogP contribution in [0.5, 0.6) is 0 Å². The Hall–Kier alpha value is -1.26. The second-order valence-electron chi connectivity index (χ2n) is 5.45. The van der Waals surface area contributed by atoms with Crippen LogP contribution in [0.15, 0.2) is 18.2 Å². The molecule has 3 heterocycles. The molecule has 102 valence electrons. The number of amides is 1. The lowest BCUT2D eigenvalue weighted by Crippen LogP contribution is -2.53. The van der Waals surface area contributed by atoms with Crippen LogP contribution in [0, 0.1) is 5.92 Å². The molecule has 0 spiro atoms. The Labute approximate surface area is 117 Å². The van der Waals surface area contributed by atoms with Gasteiger partial charge < -0.3 is 16.0 Å². The van der Waals surface area contributed by atoms with Crippen molar-refractivity contribution in [1.29, 1.82) is 0 Å². The van der Waals surface area contributed by atoms with Crippen LogP contribution in [0.2, 0.25) is 5.02 Å². The number of nitrogens with zero attached hydrogens (tertiary/aromatic N) is 1. The highest BCUT2D eigenvalue weighted by Crippen LogP contribution is 2.32. The van der Waals surface area contributed by atoms with E-state index in [1.54, 1.807) is 18.2 Å². The van der Waals surface area contributed by atoms with E-state index in [4.69, 9.17) is 17.3 Å². The van der Waals surface area contributed by atoms with Crippen LogP contribution in [0.1, 0.15) is 23.2 Å². The van der Waals surface area contributed by atoms with Gasteiger partial charge in [0.2, 0.25) is 5.91 Å². The molecule has 1 aromatic rings. The van der Waals surface area contributed by atoms with Gasteiger partial charge in [-0.2, -0.15) is 0 Å². The molecule has 3 aliphatic heterocycles. The Bertz CT molecular complexity index is 497. The highest BCUT2D eigenvalue weighted by molar-refractivity contribution is 6.33. The van der Waals surface area contributed by atoms with Crippen molar-refractivity contribution in [1.82, 2.24) is 4.90 Å². The second-order valence-corrected chi connectivity index (χ2v) is 5.85. The van der Waals surface area contributed by atoms with E-state index in [0.29, 0.717) is 22.5 Å². The van der Waals surface area contributed by atoms with Crippen LogP contribution in [0.3, 0.4) is 0 Å². The molecule has 5 heteroatoms. The van der Waals surface area contributed by atoms with Crippen molar-refractivity contribution in [2.24, 2.45) is 11.7 Å². The first-order valence-corrected chi connectivity index (χ1v) is 7.09. The molecule has 1 amide bonds. The van der Waals surface area contributed by atoms with E-state index in [2.05, 4.69) is 10.2 Å². The maximum Gasteiger partial charge on any atom is 0.248 e. The molecule has 3 N–H and O–H groups in total. The third-order valence-corrected chi connectivity index (χ3v) is 4.58. The average Bonchev–Trinajstić information content (AvgIpc) is 2.42. The maximum absolute atomic E-state index is 11.2. The lowest BCUT2D eigenvalue weighted by molar-refractivity contribution is 0.0975. The average molecular weight is 280 g/mol. The van der Waals surface area contributed by atoms with Crippen LogP contribution in [0.4, 0.5) is 5.69 Å². The largest absolute Gasteiger partial charge is 0.380 e. The number of primary amides is 1. The van der Waals surface area contributed by atoms with E-state index in [9.17, 15) is 4.79 Å². The summed E-state index contributed by atoms with van der Waals surface area (Å²) in [5.41, 5.74) is 6.62. The summed E-state index contributed by atoms with van der Waals surface area (Å²) in [5.74, 6) is 0.284. The zero-order chi connectivity index (χ0) is 13.4. The number of anilines is 1. The standard InChI is InChI=1S/C14H18ClN3O/c15-11-2-1-10(14(16)19)7-12(11)17-13-8-18-5-3-9(13)4-6-18/h1-2,7,9,13,17H,3-6,8H2,(H2,16,19). The minimum Gasteiger partial charge on any atom is -0.380 e. The van der Waals surface area contributed by atoms with Crippen molar-refractivity contribution in [2.75, 3.05) is 25.0 Å². The lowest BCUT2D eigenvalue weighted by Gasteiger charge is -2.45. The highest BCUT2D eigenvalue weighted by atomic mass is 35.5. The van der Waals surface area contributed by atoms with Crippen molar-refractivity contribution in [3.8, 4) is 0 Å². The number of hydrogen-bond acceptors (Lipinski definition) is 3. The normalized spacial score (nSPS) is 29.2. The number of carbonyl (C=O) groups excluding carboxylic acids is 1. The molecule has 3 fully saturated rings. The number of halogens is 1. The molecule has 4 nitrogen and oxygen atoms in total. The summed E-state index contributed by atoms with van der Waals surface area (Å²) in [7, 11) is 0. The third-order valence-electron chi connectivity index (χ3n) is 4.25. The van der Waals surface area contributed by atoms with Gasteiger partial charge in [-0.15, -0.1) is 0 Å². The zero-order valence-electron chi connectivity index (χ0n) is 10.7. The lowest BCUT2D eigenvalue weighted by atomic mass is 9.84. The maximum atomic E-state index is 11.2. The SMILES string of the molecule is NC(=O)c1ccc(Cl)c(NC2CN3CCC2CC3)c1. The van der Waals surface area contributed by atoms with Gasteiger partial charge in [0, 0.05) is 18.2 Å². The van der Waals surface area contributed by atoms with Gasteiger partial charge in [0.15, 0.2) is 0 Å². The van der Waals surface area contributed by atoms with Crippen LogP contribution < -0.4 is 11.1 Å². The predicted molar refractivity (Wildman–Crippen MR) is 76.5 cm³/mol. The van der Waals surface area contributed by atoms with Gasteiger partial charge in [-0.1, -0.05) is 11.6 Å². The fourth-order valence-electron chi connectivity index (χ4n) is 3.12. The summed E-state index contributed by atoms with van der Waals surface area (Å²) >= 11 is 6.19. The molecule has 1 aromatic carbocycles. The molecule has 0 radical (unpaired) electrons. The first-order chi connectivity index (χ1) is 9.13. The number of benzene rings is 1. The summed E-state index contributed by atoms with van der Waals surface area (Å²) in [5, 5.41) is 4.13. The number of carbonyl (C=O) groups is 1. The number of nitrogens with one attached hydrogen (secondary N) is 1. The fourth-order valence-corrected chi connectivity index (χ4v) is 3.29. The van der Waals surface area contributed by atoms with E-state index < -0.39 is 5.91 Å². The zero-order valence-corrected chi connectivity index (χ0v) is 11.5. The summed E-state index contributed by atoms with van der Waals surface area (Å²) < 4.78 is 0. The van der Waals surface area contributed by atoms with E-state index in [0.717, 1.165) is 12.2 Å². The molecule has 0 aliphatic carbocycles. The Morgan fingerprint density at radius 1 is 1.37 bits per heavy atom. The molecular formula is C14H18ClN3O. The van der Waals surface area contributed by atoms with Crippen molar-refractivity contribution >= 4 is 23.2 Å². The third kappa shape index (κ3) is 2.55. The van der Waals surface area contributed by atoms with Gasteiger partial charge >= 0.3 is 0 Å². The molecule has 2 bridgehead atoms. The topological polar surface area (TPSA) is 58.4 Å². The second kappa shape index (κ2) is 5.02. The Kier molecular flexibility index (Phi) is 3.37. The van der Waals surface area contributed by atoms with Gasteiger partial charge in [0.05, 0.1) is 10.7 Å². The number of fused-ring (bicyclic) bond motifs is 3. The van der Waals surface area contributed by atoms with Crippen molar-refractivity contribution in [3.63, 3.8) is 0 Å². The van der Waals surface area contributed by atoms with E-state index in [1.807, 2.05) is 0 Å². The molecule has 1 unspecified atom stereocenters. The monoisotopic (exact) mass is 279 g/mol. The van der Waals surface area contributed by atoms with Crippen molar-refractivity contribution < 1.29 is 4.79 Å². The van der Waals surface area contributed by atoms with E-state index in [1.165, 1.54) is 25.9 Å². The first kappa shape index (κ1) is 12.8. The minimum absolute atomic E-state index is 0.420. The molecule has 1 atom stereocenters. The van der Waals surface area contributed by atoms with Crippen LogP contribution in [-0.2, 0) is 0 Å². The number of piperidine rings is 3. The van der Waals surface area contributed by atoms with Gasteiger partial charge in [-0.25, -0.2) is 0 Å². The fraction of sp³-hybridized carbons (Fsp3) is 0.500. The summed E-state index contributed by atoms with van der Waals surface area (Å²) in [6.07, 6.45) is 2.48. The van der Waals surface area contributed by atoms with Crippen molar-refractivity contribution in [3.05, 3.63) is 28.8 Å². The van der Waals surface area contributed by atoms with Gasteiger partial charge in [-0.05, 0) is 50.0 Å². The molecule has 0 saturated carbocycles. The quantitative estimate of drug-likeness (QED) is 0.889. The van der Waals surface area contributed by atoms with Gasteiger partial charge in [0.1, 0.15) is 0 Å². The predicted octanol–water partition coefficient (Wildman–Crippen LogP) is 1.95. The minimum atomic E-state index is -0.423. The number of nitrogens with two attached hydrogens (primary N) is 1. The Morgan fingerprint density at radius 3 is 2.68 bits per heavy atom. The first-order valence-electron chi connectivity index (χ1n) is 6.72. The van der Waals surface area contributed by atoms with E-state index in [-0.39, 0.29) is 0 Å². The summed E-state index contributed by atoms with van der Waals surface area (Å²) in [4.78, 5) is 13.7. The molecule has 19 heavy (non-hydrogen) atoms. The summed E-state index contributed by atoms with van der Waals surface area (Å²) in [6.45, 7) is 3.47. The molecule has 0 aromatic heterocycles. The van der Waals surface area contributed by atoms with Crippen LogP contribution in [0.25, 0.3) is 0 Å². The number of hydrogen-bond donors (Lipinski definition) is 2. The smallest absolute Gasteiger partial charge is 0.248 e. The Balaban J connectivity index is 1.79. The number of rotatable bonds is 3. The molecule has 4 rings (SSSR count). The van der Waals surface area contributed by atoms with Crippen molar-refractivity contribution in [2.45, 2.75) is 18.9 Å². The molecule has 3 saturated heterocycles. The van der Waals surface area contributed by atoms with E-state index >= 15 is 0 Å². The van der Waals surface area contributed by atoms with Crippen LogP contribution >= 0.6 is 11.6 Å². The highest BCUT2D eigenvalue weighted by Gasteiger charge is 2.34. The van der Waals surface area contributed by atoms with Crippen LogP contribution in [-0.4, -0.2) is 36.5 Å². The molecular weight excluding hydrogens is 262 g/mol. The Morgan fingerprint density at radius 2 is 2.11 bits per heavy atom. The van der Waals surface area contributed by atoms with Gasteiger partial charge in [0.25, 0.3) is 0 Å².